The lowest BCUT2D eigenvalue weighted by Crippen LogP contribution is -1.95. The van der Waals surface area contributed by atoms with Gasteiger partial charge >= 0.3 is 0 Å². The molecule has 0 aliphatic carbocycles. The molecule has 78 valence electrons. The van der Waals surface area contributed by atoms with Crippen LogP contribution in [0.3, 0.4) is 0 Å². The van der Waals surface area contributed by atoms with Gasteiger partial charge in [0.05, 0.1) is 12.3 Å². The van der Waals surface area contributed by atoms with Crippen molar-refractivity contribution in [3.63, 3.8) is 0 Å². The summed E-state index contributed by atoms with van der Waals surface area (Å²) in [6.07, 6.45) is 2.78. The van der Waals surface area contributed by atoms with E-state index in [4.69, 9.17) is 0 Å². The number of pyridine rings is 1. The van der Waals surface area contributed by atoms with Crippen LogP contribution in [-0.2, 0) is 0 Å². The van der Waals surface area contributed by atoms with Crippen molar-refractivity contribution < 1.29 is 10.2 Å². The number of fused-ring (bicyclic) bond motifs is 1. The van der Waals surface area contributed by atoms with Crippen LogP contribution in [0.15, 0.2) is 31.1 Å². The summed E-state index contributed by atoms with van der Waals surface area (Å²) in [5, 5.41) is 18.7. The fourth-order valence-electron chi connectivity index (χ4n) is 1.47. The topological polar surface area (TPSA) is 57.8 Å². The minimum Gasteiger partial charge on any atom is -0.506 e. The van der Waals surface area contributed by atoms with Gasteiger partial charge in [0.25, 0.3) is 0 Å². The van der Waals surface area contributed by atoms with E-state index < -0.39 is 6.10 Å². The third-order valence-electron chi connectivity index (χ3n) is 2.32. The molecule has 0 aliphatic heterocycles. The molecule has 0 bridgehead atoms. The molecular formula is C11H12N2O2. The van der Waals surface area contributed by atoms with Crippen LogP contribution in [0.1, 0.15) is 24.3 Å². The minimum absolute atomic E-state index is 0.0210. The minimum atomic E-state index is -0.521. The highest BCUT2D eigenvalue weighted by Crippen LogP contribution is 2.17. The number of aliphatic hydroxyl groups excluding tert-OH is 2. The van der Waals surface area contributed by atoms with E-state index in [1.165, 1.54) is 0 Å². The predicted octanol–water partition coefficient (Wildman–Crippen LogP) is 1.92. The Morgan fingerprint density at radius 1 is 1.60 bits per heavy atom. The van der Waals surface area contributed by atoms with Gasteiger partial charge in [0.2, 0.25) is 0 Å². The number of rotatable bonds is 2. The van der Waals surface area contributed by atoms with E-state index in [0.29, 0.717) is 11.3 Å². The van der Waals surface area contributed by atoms with Crippen molar-refractivity contribution in [3.8, 4) is 0 Å². The average Bonchev–Trinajstić information content (AvgIpc) is 2.59. The second kappa shape index (κ2) is 3.40. The van der Waals surface area contributed by atoms with Crippen molar-refractivity contribution in [3.05, 3.63) is 42.4 Å². The summed E-state index contributed by atoms with van der Waals surface area (Å²) in [5.41, 5.74) is 2.03. The van der Waals surface area contributed by atoms with E-state index in [2.05, 4.69) is 11.6 Å². The van der Waals surface area contributed by atoms with E-state index >= 15 is 0 Å². The Balaban J connectivity index is 2.61. The number of imidazole rings is 1. The van der Waals surface area contributed by atoms with Crippen molar-refractivity contribution in [2.24, 2.45) is 0 Å². The molecule has 2 N–H and O–H groups in total. The summed E-state index contributed by atoms with van der Waals surface area (Å²) < 4.78 is 1.72. The van der Waals surface area contributed by atoms with E-state index in [0.717, 1.165) is 5.56 Å². The maximum absolute atomic E-state index is 9.40. The lowest BCUT2D eigenvalue weighted by atomic mass is 10.2. The molecule has 2 rings (SSSR count). The Morgan fingerprint density at radius 2 is 2.33 bits per heavy atom. The summed E-state index contributed by atoms with van der Waals surface area (Å²) in [7, 11) is 0. The van der Waals surface area contributed by atoms with Crippen LogP contribution < -0.4 is 0 Å². The lowest BCUT2D eigenvalue weighted by molar-refractivity contribution is 0.199. The molecule has 0 aromatic carbocycles. The van der Waals surface area contributed by atoms with Gasteiger partial charge in [0.1, 0.15) is 17.1 Å². The van der Waals surface area contributed by atoms with Gasteiger partial charge in [-0.3, -0.25) is 4.40 Å². The second-order valence-electron chi connectivity index (χ2n) is 3.45. The van der Waals surface area contributed by atoms with Gasteiger partial charge in [-0.05, 0) is 24.6 Å². The van der Waals surface area contributed by atoms with Crippen LogP contribution in [0.25, 0.3) is 11.4 Å². The van der Waals surface area contributed by atoms with Crippen molar-refractivity contribution in [1.29, 1.82) is 0 Å². The summed E-state index contributed by atoms with van der Waals surface area (Å²) in [6, 6.07) is 3.56. The molecule has 0 aliphatic rings. The Hall–Kier alpha value is -1.81. The molecule has 4 nitrogen and oxygen atoms in total. The molecule has 0 saturated carbocycles. The first-order valence-corrected chi connectivity index (χ1v) is 4.63. The Morgan fingerprint density at radius 3 is 2.93 bits per heavy atom. The van der Waals surface area contributed by atoms with Gasteiger partial charge in [-0.1, -0.05) is 6.58 Å². The van der Waals surface area contributed by atoms with Gasteiger partial charge < -0.3 is 10.2 Å². The van der Waals surface area contributed by atoms with E-state index in [9.17, 15) is 10.2 Å². The third kappa shape index (κ3) is 1.59. The van der Waals surface area contributed by atoms with Crippen LogP contribution in [0, 0.1) is 0 Å². The standard InChI is InChI=1S/C11H12N2O2/c1-7(14)9-3-4-13-10(8(2)15)6-12-11(13)5-9/h3-7,14-15H,2H2,1H3. The molecule has 2 aromatic rings. The average molecular weight is 204 g/mol. The van der Waals surface area contributed by atoms with Crippen LogP contribution in [0.2, 0.25) is 0 Å². The summed E-state index contributed by atoms with van der Waals surface area (Å²) in [4.78, 5) is 4.11. The quantitative estimate of drug-likeness (QED) is 0.735. The molecule has 0 saturated heterocycles. The molecule has 1 unspecified atom stereocenters. The monoisotopic (exact) mass is 204 g/mol. The molecule has 15 heavy (non-hydrogen) atoms. The van der Waals surface area contributed by atoms with Crippen molar-refractivity contribution in [2.75, 3.05) is 0 Å². The largest absolute Gasteiger partial charge is 0.506 e. The van der Waals surface area contributed by atoms with Crippen LogP contribution in [-0.4, -0.2) is 19.6 Å². The SMILES string of the molecule is C=C(O)c1cnc2cc(C(C)O)ccn12. The third-order valence-corrected chi connectivity index (χ3v) is 2.32. The van der Waals surface area contributed by atoms with Gasteiger partial charge in [-0.15, -0.1) is 0 Å². The van der Waals surface area contributed by atoms with Gasteiger partial charge in [0, 0.05) is 6.20 Å². The first kappa shape index (κ1) is 9.73. The normalized spacial score (nSPS) is 12.9. The zero-order valence-corrected chi connectivity index (χ0v) is 8.38. The van der Waals surface area contributed by atoms with Gasteiger partial charge in [-0.2, -0.15) is 0 Å². The van der Waals surface area contributed by atoms with Gasteiger partial charge in [-0.25, -0.2) is 4.98 Å². The van der Waals surface area contributed by atoms with Crippen molar-refractivity contribution >= 4 is 11.4 Å². The molecule has 0 spiro atoms. The summed E-state index contributed by atoms with van der Waals surface area (Å²) in [5.74, 6) is -0.0210. The van der Waals surface area contributed by atoms with Crippen molar-refractivity contribution in [2.45, 2.75) is 13.0 Å². The smallest absolute Gasteiger partial charge is 0.137 e. The Kier molecular flexibility index (Phi) is 2.21. The molecule has 2 aromatic heterocycles. The number of aromatic nitrogens is 2. The molecule has 0 fully saturated rings. The van der Waals surface area contributed by atoms with Crippen molar-refractivity contribution in [1.82, 2.24) is 9.38 Å². The zero-order valence-electron chi connectivity index (χ0n) is 8.38. The number of nitrogens with zero attached hydrogens (tertiary/aromatic N) is 2. The highest BCUT2D eigenvalue weighted by atomic mass is 16.3. The van der Waals surface area contributed by atoms with Gasteiger partial charge in [0.15, 0.2) is 0 Å². The molecule has 2 heterocycles. The van der Waals surface area contributed by atoms with E-state index in [1.54, 1.807) is 35.9 Å². The second-order valence-corrected chi connectivity index (χ2v) is 3.45. The number of hydrogen-bond acceptors (Lipinski definition) is 3. The van der Waals surface area contributed by atoms with Crippen LogP contribution >= 0.6 is 0 Å². The summed E-state index contributed by atoms with van der Waals surface area (Å²) >= 11 is 0. The molecule has 1 atom stereocenters. The highest BCUT2D eigenvalue weighted by molar-refractivity contribution is 5.57. The highest BCUT2D eigenvalue weighted by Gasteiger charge is 2.07. The predicted molar refractivity (Wildman–Crippen MR) is 57.5 cm³/mol. The lowest BCUT2D eigenvalue weighted by Gasteiger charge is -2.05. The van der Waals surface area contributed by atoms with E-state index in [1.807, 2.05) is 0 Å². The maximum Gasteiger partial charge on any atom is 0.137 e. The fourth-order valence-corrected chi connectivity index (χ4v) is 1.47. The van der Waals surface area contributed by atoms with Crippen LogP contribution in [0.4, 0.5) is 0 Å². The maximum atomic E-state index is 9.40. The zero-order chi connectivity index (χ0) is 11.0. The Bertz CT molecular complexity index is 514. The number of aliphatic hydroxyl groups is 2. The van der Waals surface area contributed by atoms with Crippen LogP contribution in [0.5, 0.6) is 0 Å². The Labute approximate surface area is 87.1 Å². The first-order chi connectivity index (χ1) is 7.09. The first-order valence-electron chi connectivity index (χ1n) is 4.63. The molecular weight excluding hydrogens is 192 g/mol. The molecule has 4 heteroatoms. The summed E-state index contributed by atoms with van der Waals surface area (Å²) in [6.45, 7) is 5.15. The molecule has 0 amide bonds. The molecule has 0 radical (unpaired) electrons. The number of hydrogen-bond donors (Lipinski definition) is 2. The fraction of sp³-hybridized carbons (Fsp3) is 0.182. The van der Waals surface area contributed by atoms with E-state index in [-0.39, 0.29) is 5.76 Å².